The van der Waals surface area contributed by atoms with Crippen LogP contribution in [0.1, 0.15) is 38.5 Å². The summed E-state index contributed by atoms with van der Waals surface area (Å²) in [6.07, 6.45) is 8.04. The molecular formula is C16H31N3O2. The second-order valence-electron chi connectivity index (χ2n) is 6.55. The number of amides is 1. The molecule has 0 spiro atoms. The first-order chi connectivity index (χ1) is 10.2. The molecule has 0 aromatic heterocycles. The maximum absolute atomic E-state index is 12.2. The van der Waals surface area contributed by atoms with E-state index < -0.39 is 6.04 Å². The average molecular weight is 297 g/mol. The highest BCUT2D eigenvalue weighted by atomic mass is 16.5. The van der Waals surface area contributed by atoms with Gasteiger partial charge in [-0.2, -0.15) is 0 Å². The van der Waals surface area contributed by atoms with Crippen molar-refractivity contribution in [2.45, 2.75) is 44.6 Å². The van der Waals surface area contributed by atoms with Gasteiger partial charge < -0.3 is 20.3 Å². The molecule has 0 radical (unpaired) electrons. The molecule has 2 aliphatic rings. The van der Waals surface area contributed by atoms with Crippen molar-refractivity contribution in [1.82, 2.24) is 9.80 Å². The zero-order valence-electron chi connectivity index (χ0n) is 13.4. The monoisotopic (exact) mass is 297 g/mol. The van der Waals surface area contributed by atoms with Gasteiger partial charge in [-0.1, -0.05) is 19.3 Å². The zero-order chi connectivity index (χ0) is 15.1. The predicted molar refractivity (Wildman–Crippen MR) is 84.1 cm³/mol. The second-order valence-corrected chi connectivity index (χ2v) is 6.55. The molecule has 21 heavy (non-hydrogen) atoms. The predicted octanol–water partition coefficient (Wildman–Crippen LogP) is 1.07. The molecular weight excluding hydrogens is 266 g/mol. The minimum absolute atomic E-state index is 0.0383. The van der Waals surface area contributed by atoms with E-state index in [0.29, 0.717) is 6.61 Å². The molecule has 1 heterocycles. The number of carbonyl (C=O) groups excluding carboxylic acids is 1. The Morgan fingerprint density at radius 1 is 1.14 bits per heavy atom. The summed E-state index contributed by atoms with van der Waals surface area (Å²) < 4.78 is 4.99. The SMILES string of the molecule is COCC(N)C(=O)N1CCCN(CC2CCCCC2)CC1. The van der Waals surface area contributed by atoms with Gasteiger partial charge in [-0.05, 0) is 31.7 Å². The molecule has 1 atom stereocenters. The molecule has 0 bridgehead atoms. The van der Waals surface area contributed by atoms with E-state index in [1.54, 1.807) is 7.11 Å². The van der Waals surface area contributed by atoms with Gasteiger partial charge in [0.25, 0.3) is 0 Å². The number of nitrogens with two attached hydrogens (primary N) is 1. The number of nitrogens with zero attached hydrogens (tertiary/aromatic N) is 2. The van der Waals surface area contributed by atoms with Crippen LogP contribution in [0.15, 0.2) is 0 Å². The van der Waals surface area contributed by atoms with Crippen molar-refractivity contribution in [3.8, 4) is 0 Å². The van der Waals surface area contributed by atoms with Crippen LogP contribution in [0.5, 0.6) is 0 Å². The molecule has 1 unspecified atom stereocenters. The Hall–Kier alpha value is -0.650. The molecule has 1 amide bonds. The van der Waals surface area contributed by atoms with Crippen molar-refractivity contribution < 1.29 is 9.53 Å². The summed E-state index contributed by atoms with van der Waals surface area (Å²) in [4.78, 5) is 16.7. The van der Waals surface area contributed by atoms with Gasteiger partial charge in [0.05, 0.1) is 6.61 Å². The van der Waals surface area contributed by atoms with Gasteiger partial charge in [0.15, 0.2) is 0 Å². The lowest BCUT2D eigenvalue weighted by atomic mass is 9.89. The van der Waals surface area contributed by atoms with E-state index in [1.807, 2.05) is 4.90 Å². The van der Waals surface area contributed by atoms with Gasteiger partial charge in [0.1, 0.15) is 6.04 Å². The first-order valence-electron chi connectivity index (χ1n) is 8.46. The second kappa shape index (κ2) is 8.71. The van der Waals surface area contributed by atoms with E-state index >= 15 is 0 Å². The molecule has 2 rings (SSSR count). The first kappa shape index (κ1) is 16.7. The Morgan fingerprint density at radius 3 is 2.62 bits per heavy atom. The first-order valence-corrected chi connectivity index (χ1v) is 8.46. The van der Waals surface area contributed by atoms with Gasteiger partial charge in [-0.3, -0.25) is 4.79 Å². The number of methoxy groups -OCH3 is 1. The van der Waals surface area contributed by atoms with Crippen LogP contribution in [0.2, 0.25) is 0 Å². The molecule has 1 saturated heterocycles. The van der Waals surface area contributed by atoms with Crippen LogP contribution in [-0.4, -0.2) is 68.2 Å². The van der Waals surface area contributed by atoms with Gasteiger partial charge in [0, 0.05) is 33.3 Å². The fourth-order valence-electron chi connectivity index (χ4n) is 3.59. The third-order valence-electron chi connectivity index (χ3n) is 4.80. The molecule has 5 nitrogen and oxygen atoms in total. The van der Waals surface area contributed by atoms with E-state index in [0.717, 1.165) is 38.5 Å². The van der Waals surface area contributed by atoms with Crippen LogP contribution in [-0.2, 0) is 9.53 Å². The summed E-state index contributed by atoms with van der Waals surface area (Å²) in [6, 6.07) is -0.514. The largest absolute Gasteiger partial charge is 0.383 e. The van der Waals surface area contributed by atoms with Crippen molar-refractivity contribution in [2.24, 2.45) is 11.7 Å². The van der Waals surface area contributed by atoms with Crippen molar-refractivity contribution in [2.75, 3.05) is 46.4 Å². The van der Waals surface area contributed by atoms with Crippen LogP contribution in [0.25, 0.3) is 0 Å². The Bertz CT molecular complexity index is 319. The van der Waals surface area contributed by atoms with E-state index in [4.69, 9.17) is 10.5 Å². The quantitative estimate of drug-likeness (QED) is 0.825. The van der Waals surface area contributed by atoms with Crippen molar-refractivity contribution in [3.63, 3.8) is 0 Å². The lowest BCUT2D eigenvalue weighted by Gasteiger charge is -2.29. The van der Waals surface area contributed by atoms with E-state index in [9.17, 15) is 4.79 Å². The van der Waals surface area contributed by atoms with Crippen LogP contribution in [0, 0.1) is 5.92 Å². The molecule has 1 saturated carbocycles. The summed E-state index contributed by atoms with van der Waals surface area (Å²) in [6.45, 7) is 5.26. The number of rotatable bonds is 5. The molecule has 122 valence electrons. The van der Waals surface area contributed by atoms with Crippen molar-refractivity contribution >= 4 is 5.91 Å². The lowest BCUT2D eigenvalue weighted by Crippen LogP contribution is -2.47. The fraction of sp³-hybridized carbons (Fsp3) is 0.938. The number of carbonyl (C=O) groups is 1. The lowest BCUT2D eigenvalue weighted by molar-refractivity contribution is -0.133. The normalized spacial score (nSPS) is 23.8. The highest BCUT2D eigenvalue weighted by molar-refractivity contribution is 5.81. The number of hydrogen-bond acceptors (Lipinski definition) is 4. The van der Waals surface area contributed by atoms with Gasteiger partial charge in [-0.25, -0.2) is 0 Å². The zero-order valence-corrected chi connectivity index (χ0v) is 13.4. The Morgan fingerprint density at radius 2 is 1.90 bits per heavy atom. The van der Waals surface area contributed by atoms with E-state index in [-0.39, 0.29) is 5.91 Å². The summed E-state index contributed by atoms with van der Waals surface area (Å²) >= 11 is 0. The minimum atomic E-state index is -0.514. The highest BCUT2D eigenvalue weighted by Gasteiger charge is 2.25. The van der Waals surface area contributed by atoms with Crippen LogP contribution >= 0.6 is 0 Å². The maximum Gasteiger partial charge on any atom is 0.241 e. The average Bonchev–Trinajstić information content (AvgIpc) is 2.73. The summed E-state index contributed by atoms with van der Waals surface area (Å²) in [7, 11) is 1.58. The molecule has 0 aromatic carbocycles. The Kier molecular flexibility index (Phi) is 6.93. The summed E-state index contributed by atoms with van der Waals surface area (Å²) in [5, 5.41) is 0. The maximum atomic E-state index is 12.2. The van der Waals surface area contributed by atoms with E-state index in [1.165, 1.54) is 38.6 Å². The number of ether oxygens (including phenoxy) is 1. The van der Waals surface area contributed by atoms with Crippen LogP contribution < -0.4 is 5.73 Å². The van der Waals surface area contributed by atoms with Crippen LogP contribution in [0.3, 0.4) is 0 Å². The summed E-state index contributed by atoms with van der Waals surface area (Å²) in [5.74, 6) is 0.910. The minimum Gasteiger partial charge on any atom is -0.383 e. The number of hydrogen-bond donors (Lipinski definition) is 1. The van der Waals surface area contributed by atoms with Gasteiger partial charge in [-0.15, -0.1) is 0 Å². The van der Waals surface area contributed by atoms with Gasteiger partial charge in [0.2, 0.25) is 5.91 Å². The van der Waals surface area contributed by atoms with Crippen molar-refractivity contribution in [3.05, 3.63) is 0 Å². The highest BCUT2D eigenvalue weighted by Crippen LogP contribution is 2.24. The Balaban J connectivity index is 1.77. The van der Waals surface area contributed by atoms with Gasteiger partial charge >= 0.3 is 0 Å². The standard InChI is InChI=1S/C16H31N3O2/c1-21-13-15(17)16(20)19-9-5-8-18(10-11-19)12-14-6-3-2-4-7-14/h14-15H,2-13,17H2,1H3. The summed E-state index contributed by atoms with van der Waals surface area (Å²) in [5.41, 5.74) is 5.86. The third kappa shape index (κ3) is 5.24. The molecule has 2 N–H and O–H groups in total. The molecule has 1 aliphatic carbocycles. The molecule has 5 heteroatoms. The Labute approximate surface area is 128 Å². The molecule has 1 aliphatic heterocycles. The van der Waals surface area contributed by atoms with E-state index in [2.05, 4.69) is 4.90 Å². The fourth-order valence-corrected chi connectivity index (χ4v) is 3.59. The third-order valence-corrected chi connectivity index (χ3v) is 4.80. The topological polar surface area (TPSA) is 58.8 Å². The molecule has 2 fully saturated rings. The van der Waals surface area contributed by atoms with Crippen molar-refractivity contribution in [1.29, 1.82) is 0 Å². The molecule has 0 aromatic rings. The van der Waals surface area contributed by atoms with Crippen LogP contribution in [0.4, 0.5) is 0 Å². The smallest absolute Gasteiger partial charge is 0.241 e.